The van der Waals surface area contributed by atoms with Crippen molar-refractivity contribution in [3.8, 4) is 17.2 Å². The van der Waals surface area contributed by atoms with E-state index in [0.29, 0.717) is 22.9 Å². The number of methoxy groups -OCH3 is 1. The molecule has 0 heterocycles. The number of rotatable bonds is 4. The maximum Gasteiger partial charge on any atom is 0.169 e. The van der Waals surface area contributed by atoms with E-state index in [2.05, 4.69) is 0 Å². The average molecular weight is 245 g/mol. The van der Waals surface area contributed by atoms with Crippen molar-refractivity contribution in [3.05, 3.63) is 48.0 Å². The Balaban J connectivity index is 2.28. The second-order valence-electron chi connectivity index (χ2n) is 3.82. The molecule has 0 saturated heterocycles. The van der Waals surface area contributed by atoms with E-state index < -0.39 is 0 Å². The van der Waals surface area contributed by atoms with E-state index >= 15 is 0 Å². The van der Waals surface area contributed by atoms with Crippen molar-refractivity contribution in [2.24, 2.45) is 0 Å². The number of hydrogen-bond donors (Lipinski definition) is 2. The lowest BCUT2D eigenvalue weighted by Crippen LogP contribution is -1.93. The summed E-state index contributed by atoms with van der Waals surface area (Å²) < 4.78 is 10.9. The Bertz CT molecular complexity index is 540. The van der Waals surface area contributed by atoms with E-state index in [9.17, 15) is 0 Å². The summed E-state index contributed by atoms with van der Waals surface area (Å²) in [6.07, 6.45) is 0. The summed E-state index contributed by atoms with van der Waals surface area (Å²) in [5, 5.41) is 9.06. The molecule has 0 amide bonds. The molecule has 0 radical (unpaired) electrons. The summed E-state index contributed by atoms with van der Waals surface area (Å²) in [6, 6.07) is 12.4. The molecule has 0 aromatic heterocycles. The lowest BCUT2D eigenvalue weighted by Gasteiger charge is -2.11. The van der Waals surface area contributed by atoms with E-state index in [4.69, 9.17) is 20.3 Å². The highest BCUT2D eigenvalue weighted by Crippen LogP contribution is 2.32. The van der Waals surface area contributed by atoms with Crippen molar-refractivity contribution in [1.82, 2.24) is 0 Å². The van der Waals surface area contributed by atoms with Gasteiger partial charge < -0.3 is 20.3 Å². The van der Waals surface area contributed by atoms with E-state index in [1.807, 2.05) is 12.1 Å². The van der Waals surface area contributed by atoms with Crippen LogP contribution in [0.4, 0.5) is 5.69 Å². The molecular weight excluding hydrogens is 230 g/mol. The van der Waals surface area contributed by atoms with Gasteiger partial charge in [0.05, 0.1) is 13.7 Å². The van der Waals surface area contributed by atoms with Crippen LogP contribution in [-0.2, 0) is 6.61 Å². The minimum atomic E-state index is -0.0328. The first kappa shape index (κ1) is 12.3. The first-order valence-corrected chi connectivity index (χ1v) is 5.54. The quantitative estimate of drug-likeness (QED) is 0.812. The molecule has 0 fully saturated rings. The molecule has 0 atom stereocenters. The van der Waals surface area contributed by atoms with Crippen molar-refractivity contribution in [2.75, 3.05) is 12.8 Å². The lowest BCUT2D eigenvalue weighted by atomic mass is 10.2. The van der Waals surface area contributed by atoms with Crippen molar-refractivity contribution >= 4 is 5.69 Å². The van der Waals surface area contributed by atoms with Crippen LogP contribution in [0, 0.1) is 0 Å². The summed E-state index contributed by atoms with van der Waals surface area (Å²) in [7, 11) is 1.56. The van der Waals surface area contributed by atoms with Crippen LogP contribution in [0.1, 0.15) is 5.56 Å². The molecule has 0 aliphatic carbocycles. The van der Waals surface area contributed by atoms with Crippen LogP contribution in [0.3, 0.4) is 0 Å². The van der Waals surface area contributed by atoms with Crippen molar-refractivity contribution in [2.45, 2.75) is 6.61 Å². The fraction of sp³-hybridized carbons (Fsp3) is 0.143. The molecule has 18 heavy (non-hydrogen) atoms. The fourth-order valence-electron chi connectivity index (χ4n) is 1.60. The number of nitrogens with two attached hydrogens (primary N) is 1. The van der Waals surface area contributed by atoms with E-state index in [-0.39, 0.29) is 6.61 Å². The molecule has 0 aliphatic rings. The van der Waals surface area contributed by atoms with E-state index in [1.54, 1.807) is 37.4 Å². The lowest BCUT2D eigenvalue weighted by molar-refractivity contribution is 0.280. The van der Waals surface area contributed by atoms with Crippen LogP contribution in [-0.4, -0.2) is 12.2 Å². The van der Waals surface area contributed by atoms with E-state index in [1.165, 1.54) is 0 Å². The van der Waals surface area contributed by atoms with Gasteiger partial charge in [-0.3, -0.25) is 0 Å². The zero-order valence-corrected chi connectivity index (χ0v) is 10.1. The molecule has 2 aromatic rings. The average Bonchev–Trinajstić information content (AvgIpc) is 2.39. The molecule has 0 spiro atoms. The highest BCUT2D eigenvalue weighted by Gasteiger charge is 2.06. The number of aliphatic hydroxyl groups excluding tert-OH is 1. The minimum absolute atomic E-state index is 0.0328. The van der Waals surface area contributed by atoms with Crippen LogP contribution < -0.4 is 15.2 Å². The molecule has 2 aromatic carbocycles. The van der Waals surface area contributed by atoms with Gasteiger partial charge in [-0.05, 0) is 29.8 Å². The summed E-state index contributed by atoms with van der Waals surface area (Å²) in [5.74, 6) is 1.80. The van der Waals surface area contributed by atoms with Gasteiger partial charge in [0, 0.05) is 11.8 Å². The van der Waals surface area contributed by atoms with Crippen molar-refractivity contribution < 1.29 is 14.6 Å². The van der Waals surface area contributed by atoms with Crippen molar-refractivity contribution in [1.29, 1.82) is 0 Å². The molecule has 0 unspecified atom stereocenters. The monoisotopic (exact) mass is 245 g/mol. The SMILES string of the molecule is COc1cc(CO)ccc1Oc1cccc(N)c1. The molecule has 4 heteroatoms. The second-order valence-corrected chi connectivity index (χ2v) is 3.82. The Morgan fingerprint density at radius 2 is 1.94 bits per heavy atom. The fourth-order valence-corrected chi connectivity index (χ4v) is 1.60. The van der Waals surface area contributed by atoms with Crippen LogP contribution in [0.25, 0.3) is 0 Å². The van der Waals surface area contributed by atoms with Gasteiger partial charge in [-0.2, -0.15) is 0 Å². The normalized spacial score (nSPS) is 10.1. The Kier molecular flexibility index (Phi) is 3.69. The van der Waals surface area contributed by atoms with Crippen LogP contribution in [0.2, 0.25) is 0 Å². The summed E-state index contributed by atoms with van der Waals surface area (Å²) in [6.45, 7) is -0.0328. The highest BCUT2D eigenvalue weighted by atomic mass is 16.5. The number of ether oxygens (including phenoxy) is 2. The van der Waals surface area contributed by atoms with Crippen molar-refractivity contribution in [3.63, 3.8) is 0 Å². The summed E-state index contributed by atoms with van der Waals surface area (Å²) >= 11 is 0. The first-order valence-electron chi connectivity index (χ1n) is 5.54. The van der Waals surface area contributed by atoms with Gasteiger partial charge in [-0.1, -0.05) is 12.1 Å². The third kappa shape index (κ3) is 2.73. The molecule has 0 saturated carbocycles. The van der Waals surface area contributed by atoms with Gasteiger partial charge in [0.15, 0.2) is 11.5 Å². The minimum Gasteiger partial charge on any atom is -0.493 e. The molecular formula is C14H15NO3. The largest absolute Gasteiger partial charge is 0.493 e. The van der Waals surface area contributed by atoms with Gasteiger partial charge in [0.2, 0.25) is 0 Å². The number of nitrogen functional groups attached to an aromatic ring is 1. The zero-order valence-electron chi connectivity index (χ0n) is 10.1. The maximum atomic E-state index is 9.06. The smallest absolute Gasteiger partial charge is 0.169 e. The topological polar surface area (TPSA) is 64.7 Å². The van der Waals surface area contributed by atoms with Gasteiger partial charge >= 0.3 is 0 Å². The van der Waals surface area contributed by atoms with Gasteiger partial charge in [0.1, 0.15) is 5.75 Å². The number of anilines is 1. The number of hydrogen-bond acceptors (Lipinski definition) is 4. The predicted octanol–water partition coefficient (Wildman–Crippen LogP) is 2.56. The third-order valence-corrected chi connectivity index (χ3v) is 2.50. The summed E-state index contributed by atoms with van der Waals surface area (Å²) in [5.41, 5.74) is 7.09. The van der Waals surface area contributed by atoms with E-state index in [0.717, 1.165) is 5.56 Å². The standard InChI is InChI=1S/C14H15NO3/c1-17-14-7-10(9-16)5-6-13(14)18-12-4-2-3-11(15)8-12/h2-8,16H,9,15H2,1H3. The Morgan fingerprint density at radius 3 is 2.61 bits per heavy atom. The van der Waals surface area contributed by atoms with Crippen LogP contribution in [0.15, 0.2) is 42.5 Å². The molecule has 0 bridgehead atoms. The Labute approximate surface area is 106 Å². The molecule has 2 rings (SSSR count). The molecule has 4 nitrogen and oxygen atoms in total. The van der Waals surface area contributed by atoms with Gasteiger partial charge in [-0.25, -0.2) is 0 Å². The Hall–Kier alpha value is -2.20. The van der Waals surface area contributed by atoms with Gasteiger partial charge in [0.25, 0.3) is 0 Å². The third-order valence-electron chi connectivity index (χ3n) is 2.50. The van der Waals surface area contributed by atoms with Gasteiger partial charge in [-0.15, -0.1) is 0 Å². The van der Waals surface area contributed by atoms with Crippen LogP contribution >= 0.6 is 0 Å². The first-order chi connectivity index (χ1) is 8.72. The second kappa shape index (κ2) is 5.42. The Morgan fingerprint density at radius 1 is 1.11 bits per heavy atom. The van der Waals surface area contributed by atoms with Crippen LogP contribution in [0.5, 0.6) is 17.2 Å². The molecule has 94 valence electrons. The number of aliphatic hydroxyl groups is 1. The highest BCUT2D eigenvalue weighted by molar-refractivity contribution is 5.48. The molecule has 0 aliphatic heterocycles. The molecule has 3 N–H and O–H groups in total. The maximum absolute atomic E-state index is 9.06. The zero-order chi connectivity index (χ0) is 13.0. The predicted molar refractivity (Wildman–Crippen MR) is 69.8 cm³/mol. The summed E-state index contributed by atoms with van der Waals surface area (Å²) in [4.78, 5) is 0. The number of benzene rings is 2.